The molecule has 0 aromatic heterocycles. The van der Waals surface area contributed by atoms with E-state index in [1.807, 2.05) is 0 Å². The van der Waals surface area contributed by atoms with Gasteiger partial charge < -0.3 is 9.84 Å². The van der Waals surface area contributed by atoms with Crippen LogP contribution in [0.5, 0.6) is 0 Å². The summed E-state index contributed by atoms with van der Waals surface area (Å²) in [5, 5.41) is 8.73. The molecule has 0 aliphatic carbocycles. The molecule has 0 bridgehead atoms. The van der Waals surface area contributed by atoms with Crippen molar-refractivity contribution in [3.8, 4) is 0 Å². The predicted molar refractivity (Wildman–Crippen MR) is 40.5 cm³/mol. The summed E-state index contributed by atoms with van der Waals surface area (Å²) >= 11 is 5.68. The Morgan fingerprint density at radius 2 is 2.45 bits per heavy atom. The summed E-state index contributed by atoms with van der Waals surface area (Å²) in [5.41, 5.74) is 0. The predicted octanol–water partition coefficient (Wildman–Crippen LogP) is 1.23. The maximum absolute atomic E-state index is 10.2. The summed E-state index contributed by atoms with van der Waals surface area (Å²) in [6, 6.07) is 0. The highest BCUT2D eigenvalue weighted by atomic mass is 35.5. The number of carbonyl (C=O) groups is 1. The van der Waals surface area contributed by atoms with Gasteiger partial charge >= 0.3 is 5.97 Å². The van der Waals surface area contributed by atoms with Gasteiger partial charge in [-0.3, -0.25) is 0 Å². The molecule has 3 nitrogen and oxygen atoms in total. The van der Waals surface area contributed by atoms with E-state index >= 15 is 0 Å². The van der Waals surface area contributed by atoms with E-state index in [2.05, 4.69) is 0 Å². The maximum atomic E-state index is 10.2. The van der Waals surface area contributed by atoms with Gasteiger partial charge in [-0.15, -0.1) is 0 Å². The Kier molecular flexibility index (Phi) is 2.91. The van der Waals surface area contributed by atoms with Gasteiger partial charge in [0.15, 0.2) is 0 Å². The van der Waals surface area contributed by atoms with Gasteiger partial charge in [-0.05, 0) is 6.42 Å². The molecule has 1 aliphatic heterocycles. The smallest absolute Gasteiger partial charge is 0.329 e. The highest BCUT2D eigenvalue weighted by Crippen LogP contribution is 2.23. The zero-order chi connectivity index (χ0) is 8.27. The molecule has 0 spiro atoms. The minimum Gasteiger partial charge on any atom is -0.478 e. The van der Waals surface area contributed by atoms with Crippen LogP contribution in [0.3, 0.4) is 0 Å². The molecule has 1 aliphatic rings. The van der Waals surface area contributed by atoms with E-state index in [9.17, 15) is 4.79 Å². The van der Waals surface area contributed by atoms with Crippen LogP contribution in [0.1, 0.15) is 6.42 Å². The number of aliphatic carboxylic acids is 1. The van der Waals surface area contributed by atoms with Crippen molar-refractivity contribution in [1.82, 2.24) is 0 Å². The minimum absolute atomic E-state index is 0.0905. The quantitative estimate of drug-likeness (QED) is 0.644. The van der Waals surface area contributed by atoms with Crippen molar-refractivity contribution in [2.45, 2.75) is 6.42 Å². The molecule has 0 amide bonds. The van der Waals surface area contributed by atoms with Gasteiger partial charge in [-0.25, -0.2) is 4.79 Å². The molecular formula is C7H9ClO3. The van der Waals surface area contributed by atoms with E-state index in [1.54, 1.807) is 0 Å². The van der Waals surface area contributed by atoms with Gasteiger partial charge in [-0.2, -0.15) is 0 Å². The standard InChI is InChI=1S/C7H9ClO3/c8-6(3-7(9)10)5-1-2-11-4-5/h3,5H,1-2,4H2,(H,9,10)/b6-3+. The van der Waals surface area contributed by atoms with Gasteiger partial charge in [0, 0.05) is 23.6 Å². The average molecular weight is 177 g/mol. The number of ether oxygens (including phenoxy) is 1. The lowest BCUT2D eigenvalue weighted by Gasteiger charge is -2.02. The van der Waals surface area contributed by atoms with Crippen molar-refractivity contribution < 1.29 is 14.6 Å². The fourth-order valence-corrected chi connectivity index (χ4v) is 1.25. The van der Waals surface area contributed by atoms with E-state index in [1.165, 1.54) is 0 Å². The number of rotatable bonds is 2. The molecule has 0 aromatic rings. The Balaban J connectivity index is 2.51. The molecule has 11 heavy (non-hydrogen) atoms. The van der Waals surface area contributed by atoms with Crippen LogP contribution in [0, 0.1) is 5.92 Å². The van der Waals surface area contributed by atoms with Crippen molar-refractivity contribution >= 4 is 17.6 Å². The number of carboxylic acids is 1. The number of halogens is 1. The molecule has 1 fully saturated rings. The second-order valence-electron chi connectivity index (χ2n) is 2.43. The van der Waals surface area contributed by atoms with E-state index in [4.69, 9.17) is 21.4 Å². The van der Waals surface area contributed by atoms with Crippen LogP contribution in [-0.2, 0) is 9.53 Å². The monoisotopic (exact) mass is 176 g/mol. The number of hydrogen-bond donors (Lipinski definition) is 1. The molecule has 0 aromatic carbocycles. The van der Waals surface area contributed by atoms with Crippen molar-refractivity contribution in [1.29, 1.82) is 0 Å². The molecular weight excluding hydrogens is 168 g/mol. The van der Waals surface area contributed by atoms with Crippen LogP contribution in [0.4, 0.5) is 0 Å². The van der Waals surface area contributed by atoms with Crippen LogP contribution in [0.2, 0.25) is 0 Å². The second kappa shape index (κ2) is 3.74. The molecule has 1 atom stereocenters. The number of hydrogen-bond acceptors (Lipinski definition) is 2. The molecule has 1 N–H and O–H groups in total. The fraction of sp³-hybridized carbons (Fsp3) is 0.571. The maximum Gasteiger partial charge on any atom is 0.329 e. The highest BCUT2D eigenvalue weighted by Gasteiger charge is 2.19. The molecule has 0 saturated carbocycles. The van der Waals surface area contributed by atoms with Crippen molar-refractivity contribution in [2.24, 2.45) is 5.92 Å². The Morgan fingerprint density at radius 3 is 2.91 bits per heavy atom. The fourth-order valence-electron chi connectivity index (χ4n) is 0.988. The summed E-state index contributed by atoms with van der Waals surface area (Å²) in [6.07, 6.45) is 1.85. The third kappa shape index (κ3) is 2.52. The molecule has 62 valence electrons. The van der Waals surface area contributed by atoms with Gasteiger partial charge in [0.25, 0.3) is 0 Å². The van der Waals surface area contributed by atoms with Crippen LogP contribution >= 0.6 is 11.6 Å². The summed E-state index contributed by atoms with van der Waals surface area (Å²) in [4.78, 5) is 10.2. The average Bonchev–Trinajstić information content (AvgIpc) is 2.35. The van der Waals surface area contributed by atoms with Crippen molar-refractivity contribution in [3.63, 3.8) is 0 Å². The van der Waals surface area contributed by atoms with Gasteiger partial charge in [0.05, 0.1) is 6.61 Å². The summed E-state index contributed by atoms with van der Waals surface area (Å²) in [5.74, 6) is -0.908. The SMILES string of the molecule is O=C(O)/C=C(/Cl)C1CCOC1. The molecule has 1 rings (SSSR count). The van der Waals surface area contributed by atoms with Crippen LogP contribution in [0.15, 0.2) is 11.1 Å². The first-order valence-corrected chi connectivity index (χ1v) is 3.75. The van der Waals surface area contributed by atoms with Gasteiger partial charge in [0.2, 0.25) is 0 Å². The first-order chi connectivity index (χ1) is 5.20. The zero-order valence-electron chi connectivity index (χ0n) is 5.92. The van der Waals surface area contributed by atoms with Crippen molar-refractivity contribution in [3.05, 3.63) is 11.1 Å². The van der Waals surface area contributed by atoms with Gasteiger partial charge in [0.1, 0.15) is 0 Å². The summed E-state index contributed by atoms with van der Waals surface area (Å²) in [7, 11) is 0. The third-order valence-corrected chi connectivity index (χ3v) is 2.00. The molecule has 1 saturated heterocycles. The lowest BCUT2D eigenvalue weighted by molar-refractivity contribution is -0.131. The van der Waals surface area contributed by atoms with Crippen LogP contribution in [0.25, 0.3) is 0 Å². The minimum atomic E-state index is -0.998. The molecule has 0 radical (unpaired) electrons. The zero-order valence-corrected chi connectivity index (χ0v) is 6.67. The second-order valence-corrected chi connectivity index (χ2v) is 2.86. The lowest BCUT2D eigenvalue weighted by Crippen LogP contribution is -2.01. The Hall–Kier alpha value is -0.540. The largest absolute Gasteiger partial charge is 0.478 e. The van der Waals surface area contributed by atoms with Crippen LogP contribution in [-0.4, -0.2) is 24.3 Å². The van der Waals surface area contributed by atoms with E-state index in [0.29, 0.717) is 18.2 Å². The number of carboxylic acid groups (broad SMARTS) is 1. The Morgan fingerprint density at radius 1 is 1.73 bits per heavy atom. The third-order valence-electron chi connectivity index (χ3n) is 1.58. The summed E-state index contributed by atoms with van der Waals surface area (Å²) < 4.78 is 5.04. The first kappa shape index (κ1) is 8.56. The van der Waals surface area contributed by atoms with Crippen LogP contribution < -0.4 is 0 Å². The van der Waals surface area contributed by atoms with Gasteiger partial charge in [-0.1, -0.05) is 11.6 Å². The summed E-state index contributed by atoms with van der Waals surface area (Å²) in [6.45, 7) is 1.22. The van der Waals surface area contributed by atoms with Crippen molar-refractivity contribution in [2.75, 3.05) is 13.2 Å². The first-order valence-electron chi connectivity index (χ1n) is 3.38. The Bertz CT molecular complexity index is 182. The molecule has 1 heterocycles. The highest BCUT2D eigenvalue weighted by molar-refractivity contribution is 6.31. The molecule has 1 unspecified atom stereocenters. The van der Waals surface area contributed by atoms with E-state index in [0.717, 1.165) is 12.5 Å². The molecule has 4 heteroatoms. The normalized spacial score (nSPS) is 25.5. The lowest BCUT2D eigenvalue weighted by atomic mass is 10.1. The Labute approximate surface area is 69.6 Å². The van der Waals surface area contributed by atoms with E-state index in [-0.39, 0.29) is 5.92 Å². The topological polar surface area (TPSA) is 46.5 Å². The van der Waals surface area contributed by atoms with E-state index < -0.39 is 5.97 Å².